The number of aryl methyl sites for hydroxylation is 1. The molecule has 4 bridgehead atoms. The van der Waals surface area contributed by atoms with Crippen LogP contribution in [0.1, 0.15) is 82.0 Å². The fourth-order valence-electron chi connectivity index (χ4n) is 5.25. The van der Waals surface area contributed by atoms with Crippen LogP contribution in [0.25, 0.3) is 0 Å². The largest absolute Gasteiger partial charge is 0.447 e. The summed E-state index contributed by atoms with van der Waals surface area (Å²) in [6, 6.07) is 7.50. The summed E-state index contributed by atoms with van der Waals surface area (Å²) in [5.74, 6) is -1.15. The molecular formula is C31H37N7O7S. The molecule has 0 unspecified atom stereocenters. The van der Waals surface area contributed by atoms with Gasteiger partial charge in [0.1, 0.15) is 35.2 Å². The lowest BCUT2D eigenvalue weighted by molar-refractivity contribution is -0.133. The summed E-state index contributed by atoms with van der Waals surface area (Å²) in [5, 5.41) is 13.4. The van der Waals surface area contributed by atoms with Gasteiger partial charge in [-0.05, 0) is 24.8 Å². The maximum Gasteiger partial charge on any atom is 0.407 e. The molecule has 3 aromatic rings. The predicted molar refractivity (Wildman–Crippen MR) is 166 cm³/mol. The minimum absolute atomic E-state index is 0.0691. The van der Waals surface area contributed by atoms with Gasteiger partial charge in [0, 0.05) is 37.9 Å². The molecule has 46 heavy (non-hydrogen) atoms. The summed E-state index contributed by atoms with van der Waals surface area (Å²) in [7, 11) is 0. The first-order valence-electron chi connectivity index (χ1n) is 15.2. The summed E-state index contributed by atoms with van der Waals surface area (Å²) >= 11 is 1.25. The van der Waals surface area contributed by atoms with Crippen molar-refractivity contribution in [1.82, 2.24) is 36.1 Å². The Hall–Kier alpha value is -4.79. The lowest BCUT2D eigenvalue weighted by atomic mass is 10.0. The third-order valence-corrected chi connectivity index (χ3v) is 8.63. The zero-order chi connectivity index (χ0) is 32.8. The molecule has 0 aliphatic carbocycles. The summed E-state index contributed by atoms with van der Waals surface area (Å²) in [5.41, 5.74) is 1.21. The zero-order valence-electron chi connectivity index (χ0n) is 25.8. The van der Waals surface area contributed by atoms with E-state index in [1.807, 2.05) is 44.2 Å². The molecule has 5 amide bonds. The van der Waals surface area contributed by atoms with E-state index < -0.39 is 36.0 Å². The Morgan fingerprint density at radius 3 is 2.54 bits per heavy atom. The molecule has 4 N–H and O–H groups in total. The summed E-state index contributed by atoms with van der Waals surface area (Å²) < 4.78 is 10.9. The van der Waals surface area contributed by atoms with E-state index in [1.54, 1.807) is 12.3 Å². The number of nitrogens with zero attached hydrogens (tertiary/aromatic N) is 3. The highest BCUT2D eigenvalue weighted by Crippen LogP contribution is 2.27. The number of hydrogen-bond donors (Lipinski definition) is 4. The number of carbonyl (C=O) groups excluding carboxylic acids is 5. The highest BCUT2D eigenvalue weighted by molar-refractivity contribution is 7.09. The number of carbonyl (C=O) groups is 5. The standard InChI is InChI=1S/C31H37N7O7S/c1-17(2)24-29-34-22(16-46-29)26(40)32-11-13-38(30(42)21-15-44-31(43)35-21)12-7-10-23(39)33-20(14-19-8-5-4-6-9-19)28-37-25(18(3)45-28)27(41)36-24/h4-6,8-9,16-17,20-21,24H,7,10-15H2,1-3H3,(H,32,40)(H,33,39)(H,35,43)(H,36,41)/t20-,21-,24-/m0/s1. The number of rotatable bonds is 4. The van der Waals surface area contributed by atoms with Gasteiger partial charge in [0.05, 0.1) is 6.04 Å². The van der Waals surface area contributed by atoms with Crippen molar-refractivity contribution >= 4 is 41.1 Å². The molecule has 5 rings (SSSR count). The fourth-order valence-corrected chi connectivity index (χ4v) is 6.27. The molecule has 1 saturated heterocycles. The van der Waals surface area contributed by atoms with Crippen LogP contribution in [0, 0.1) is 12.8 Å². The van der Waals surface area contributed by atoms with Crippen molar-refractivity contribution in [3.63, 3.8) is 0 Å². The van der Waals surface area contributed by atoms with Crippen molar-refractivity contribution in [2.24, 2.45) is 5.92 Å². The van der Waals surface area contributed by atoms with Gasteiger partial charge < -0.3 is 35.3 Å². The van der Waals surface area contributed by atoms with Crippen molar-refractivity contribution in [3.05, 3.63) is 69.3 Å². The average molecular weight is 652 g/mol. The number of aromatic nitrogens is 2. The van der Waals surface area contributed by atoms with Crippen LogP contribution in [0.15, 0.2) is 40.1 Å². The number of thiazole rings is 1. The van der Waals surface area contributed by atoms with Crippen LogP contribution >= 0.6 is 11.3 Å². The molecule has 3 atom stereocenters. The van der Waals surface area contributed by atoms with Crippen LogP contribution in [0.2, 0.25) is 0 Å². The molecule has 0 radical (unpaired) electrons. The Morgan fingerprint density at radius 1 is 1.04 bits per heavy atom. The lowest BCUT2D eigenvalue weighted by Crippen LogP contribution is -2.48. The van der Waals surface area contributed by atoms with Crippen LogP contribution in [0.4, 0.5) is 4.79 Å². The molecule has 244 valence electrons. The molecule has 0 saturated carbocycles. The Kier molecular flexibility index (Phi) is 10.3. The van der Waals surface area contributed by atoms with Gasteiger partial charge in [0.15, 0.2) is 5.69 Å². The topological polar surface area (TPSA) is 185 Å². The Labute approximate surface area is 269 Å². The third kappa shape index (κ3) is 7.88. The average Bonchev–Trinajstić information content (AvgIpc) is 3.78. The molecule has 15 heteroatoms. The first kappa shape index (κ1) is 32.6. The minimum atomic E-state index is -0.857. The van der Waals surface area contributed by atoms with E-state index in [0.29, 0.717) is 23.6 Å². The predicted octanol–water partition coefficient (Wildman–Crippen LogP) is 2.43. The van der Waals surface area contributed by atoms with Crippen LogP contribution in [-0.4, -0.2) is 76.9 Å². The quantitative estimate of drug-likeness (QED) is 0.329. The molecule has 2 aliphatic heterocycles. The highest BCUT2D eigenvalue weighted by atomic mass is 32.1. The van der Waals surface area contributed by atoms with Crippen LogP contribution in [-0.2, 0) is 20.7 Å². The van der Waals surface area contributed by atoms with Gasteiger partial charge in [-0.1, -0.05) is 44.2 Å². The van der Waals surface area contributed by atoms with Crippen molar-refractivity contribution in [3.8, 4) is 0 Å². The number of oxazole rings is 1. The monoisotopic (exact) mass is 651 g/mol. The highest BCUT2D eigenvalue weighted by Gasteiger charge is 2.33. The second-order valence-electron chi connectivity index (χ2n) is 11.5. The Bertz CT molecular complexity index is 1590. The van der Waals surface area contributed by atoms with E-state index in [2.05, 4.69) is 31.2 Å². The summed E-state index contributed by atoms with van der Waals surface area (Å²) in [4.78, 5) is 75.0. The maximum atomic E-state index is 13.5. The van der Waals surface area contributed by atoms with Gasteiger partial charge in [0.25, 0.3) is 11.8 Å². The van der Waals surface area contributed by atoms with Gasteiger partial charge >= 0.3 is 6.09 Å². The van der Waals surface area contributed by atoms with E-state index in [0.717, 1.165) is 5.56 Å². The van der Waals surface area contributed by atoms with Gasteiger partial charge in [0.2, 0.25) is 17.7 Å². The smallest absolute Gasteiger partial charge is 0.407 e. The maximum absolute atomic E-state index is 13.5. The van der Waals surface area contributed by atoms with E-state index >= 15 is 0 Å². The Morgan fingerprint density at radius 2 is 1.83 bits per heavy atom. The van der Waals surface area contributed by atoms with Gasteiger partial charge in [-0.3, -0.25) is 19.2 Å². The number of alkyl carbamates (subject to hydrolysis) is 1. The molecule has 1 aromatic carbocycles. The van der Waals surface area contributed by atoms with E-state index in [1.165, 1.54) is 16.2 Å². The van der Waals surface area contributed by atoms with Gasteiger partial charge in [-0.2, -0.15) is 0 Å². The van der Waals surface area contributed by atoms with Crippen molar-refractivity contribution in [2.45, 2.75) is 58.2 Å². The number of amides is 5. The second kappa shape index (κ2) is 14.5. The number of cyclic esters (lactones) is 1. The van der Waals surface area contributed by atoms with Crippen LogP contribution < -0.4 is 21.3 Å². The second-order valence-corrected chi connectivity index (χ2v) is 12.4. The summed E-state index contributed by atoms with van der Waals surface area (Å²) in [6.07, 6.45) is 0.0638. The van der Waals surface area contributed by atoms with Crippen LogP contribution in [0.3, 0.4) is 0 Å². The van der Waals surface area contributed by atoms with Crippen molar-refractivity contribution in [2.75, 3.05) is 26.2 Å². The zero-order valence-corrected chi connectivity index (χ0v) is 26.6. The van der Waals surface area contributed by atoms with Crippen molar-refractivity contribution < 1.29 is 33.1 Å². The number of nitrogens with one attached hydrogen (secondary N) is 4. The van der Waals surface area contributed by atoms with E-state index in [-0.39, 0.29) is 67.7 Å². The number of fused-ring (bicyclic) bond motifs is 4. The number of benzene rings is 1. The fraction of sp³-hybridized carbons (Fsp3) is 0.452. The Balaban J connectivity index is 1.43. The van der Waals surface area contributed by atoms with Gasteiger partial charge in [-0.25, -0.2) is 14.8 Å². The third-order valence-electron chi connectivity index (χ3n) is 7.70. The minimum Gasteiger partial charge on any atom is -0.447 e. The molecular weight excluding hydrogens is 614 g/mol. The first-order valence-corrected chi connectivity index (χ1v) is 16.0. The van der Waals surface area contributed by atoms with E-state index in [9.17, 15) is 24.0 Å². The number of ether oxygens (including phenoxy) is 1. The van der Waals surface area contributed by atoms with Crippen LogP contribution in [0.5, 0.6) is 0 Å². The normalized spacial score (nSPS) is 21.6. The molecule has 2 aliphatic rings. The molecule has 0 spiro atoms. The molecule has 4 heterocycles. The van der Waals surface area contributed by atoms with Gasteiger partial charge in [-0.15, -0.1) is 11.3 Å². The molecule has 14 nitrogen and oxygen atoms in total. The number of hydrogen-bond acceptors (Lipinski definition) is 10. The lowest BCUT2D eigenvalue weighted by Gasteiger charge is -2.25. The van der Waals surface area contributed by atoms with E-state index in [4.69, 9.17) is 9.15 Å². The molecule has 2 aromatic heterocycles. The SMILES string of the molecule is Cc1oc2nc1C(=O)N[C@@H](C(C)C)c1nc(cs1)C(=O)NCCN(C(=O)[C@@H]1COC(=O)N1)CCCC(=O)N[C@H]2Cc1ccccc1. The molecule has 1 fully saturated rings. The summed E-state index contributed by atoms with van der Waals surface area (Å²) in [6.45, 7) is 5.84. The first-order chi connectivity index (χ1) is 22.1. The van der Waals surface area contributed by atoms with Crippen molar-refractivity contribution in [1.29, 1.82) is 0 Å².